The van der Waals surface area contributed by atoms with Crippen LogP contribution in [0.25, 0.3) is 10.6 Å². The molecule has 2 aromatic carbocycles. The van der Waals surface area contributed by atoms with Crippen LogP contribution in [0.15, 0.2) is 48.5 Å². The van der Waals surface area contributed by atoms with Gasteiger partial charge in [0.25, 0.3) is 0 Å². The molecular formula is C19H15ClN2O2S. The summed E-state index contributed by atoms with van der Waals surface area (Å²) in [5.41, 5.74) is 3.17. The van der Waals surface area contributed by atoms with Gasteiger partial charge in [0.05, 0.1) is 0 Å². The average Bonchev–Trinajstić information content (AvgIpc) is 3.05. The van der Waals surface area contributed by atoms with Crippen molar-refractivity contribution in [2.24, 2.45) is 0 Å². The van der Waals surface area contributed by atoms with Crippen LogP contribution < -0.4 is 4.90 Å². The normalized spacial score (nSPS) is 12.2. The fraction of sp³-hybridized carbons (Fsp3) is 0.105. The molecule has 6 heteroatoms. The Balaban J connectivity index is 0.00000182. The molecule has 4 rings (SSSR count). The smallest absolute Gasteiger partial charge is 0.213 e. The van der Waals surface area contributed by atoms with E-state index in [-0.39, 0.29) is 29.7 Å². The van der Waals surface area contributed by atoms with Crippen molar-refractivity contribution in [1.82, 2.24) is 4.98 Å². The summed E-state index contributed by atoms with van der Waals surface area (Å²) in [5.74, 6) is -0.290. The van der Waals surface area contributed by atoms with Crippen molar-refractivity contribution in [3.63, 3.8) is 0 Å². The van der Waals surface area contributed by atoms with E-state index in [0.29, 0.717) is 21.0 Å². The Bertz CT molecular complexity index is 925. The van der Waals surface area contributed by atoms with Gasteiger partial charge in [-0.3, -0.25) is 9.59 Å². The highest BCUT2D eigenvalue weighted by Gasteiger charge is 2.33. The Morgan fingerprint density at radius 1 is 0.880 bits per heavy atom. The standard InChI is InChI=1S/C19H14N2O2S.ClH/c1-21(2)12-9-7-11(8-10-12)19-20-15-16(22)13-5-3-4-6-14(13)17(23)18(15)24-19;/h3-10H,1-2H3;1H. The summed E-state index contributed by atoms with van der Waals surface area (Å²) in [4.78, 5) is 32.2. The largest absolute Gasteiger partial charge is 0.378 e. The third-order valence-corrected chi connectivity index (χ3v) is 5.20. The van der Waals surface area contributed by atoms with Gasteiger partial charge in [0.2, 0.25) is 11.6 Å². The number of aromatic nitrogens is 1. The molecule has 0 aliphatic heterocycles. The minimum Gasteiger partial charge on any atom is -0.378 e. The SMILES string of the molecule is CN(C)c1ccc(-c2nc3c(s2)C(=O)c2ccccc2C3=O)cc1.Cl. The van der Waals surface area contributed by atoms with Gasteiger partial charge in [-0.05, 0) is 24.3 Å². The fourth-order valence-corrected chi connectivity index (χ4v) is 3.80. The highest BCUT2D eigenvalue weighted by Crippen LogP contribution is 2.35. The zero-order chi connectivity index (χ0) is 16.8. The van der Waals surface area contributed by atoms with Crippen LogP contribution in [-0.4, -0.2) is 30.6 Å². The zero-order valence-corrected chi connectivity index (χ0v) is 15.3. The van der Waals surface area contributed by atoms with Crippen LogP contribution in [0.4, 0.5) is 5.69 Å². The molecule has 0 spiro atoms. The fourth-order valence-electron chi connectivity index (χ4n) is 2.78. The summed E-state index contributed by atoms with van der Waals surface area (Å²) >= 11 is 1.28. The molecule has 1 heterocycles. The van der Waals surface area contributed by atoms with Gasteiger partial charge in [-0.2, -0.15) is 0 Å². The van der Waals surface area contributed by atoms with E-state index >= 15 is 0 Å². The van der Waals surface area contributed by atoms with Crippen molar-refractivity contribution in [3.05, 3.63) is 70.2 Å². The number of rotatable bonds is 2. The second kappa shape index (κ2) is 6.43. The molecule has 1 aliphatic rings. The zero-order valence-electron chi connectivity index (χ0n) is 13.6. The van der Waals surface area contributed by atoms with E-state index in [0.717, 1.165) is 11.3 Å². The molecule has 0 bridgehead atoms. The number of nitrogens with zero attached hydrogens (tertiary/aromatic N) is 2. The Kier molecular flexibility index (Phi) is 4.45. The van der Waals surface area contributed by atoms with E-state index in [9.17, 15) is 9.59 Å². The molecule has 1 aliphatic carbocycles. The number of anilines is 1. The molecule has 25 heavy (non-hydrogen) atoms. The molecule has 1 aromatic heterocycles. The van der Waals surface area contributed by atoms with E-state index in [1.54, 1.807) is 24.3 Å². The lowest BCUT2D eigenvalue weighted by Crippen LogP contribution is -2.19. The van der Waals surface area contributed by atoms with Crippen LogP contribution in [0.1, 0.15) is 31.3 Å². The van der Waals surface area contributed by atoms with Crippen molar-refractivity contribution in [1.29, 1.82) is 0 Å². The first-order chi connectivity index (χ1) is 11.6. The minimum absolute atomic E-state index is 0. The molecule has 0 fully saturated rings. The summed E-state index contributed by atoms with van der Waals surface area (Å²) in [6.45, 7) is 0. The van der Waals surface area contributed by atoms with Gasteiger partial charge in [-0.25, -0.2) is 4.98 Å². The molecule has 0 saturated heterocycles. The minimum atomic E-state index is -0.174. The number of benzene rings is 2. The highest BCUT2D eigenvalue weighted by atomic mass is 35.5. The third kappa shape index (κ3) is 2.75. The highest BCUT2D eigenvalue weighted by molar-refractivity contribution is 7.17. The van der Waals surface area contributed by atoms with Crippen LogP contribution in [0, 0.1) is 0 Å². The van der Waals surface area contributed by atoms with Crippen molar-refractivity contribution < 1.29 is 9.59 Å². The lowest BCUT2D eigenvalue weighted by Gasteiger charge is -2.11. The predicted octanol–water partition coefficient (Wildman–Crippen LogP) is 4.07. The number of fused-ring (bicyclic) bond motifs is 2. The maximum absolute atomic E-state index is 12.7. The Labute approximate surface area is 155 Å². The predicted molar refractivity (Wildman–Crippen MR) is 102 cm³/mol. The Morgan fingerprint density at radius 3 is 2.08 bits per heavy atom. The van der Waals surface area contributed by atoms with Gasteiger partial charge in [-0.1, -0.05) is 24.3 Å². The van der Waals surface area contributed by atoms with Crippen LogP contribution in [0.2, 0.25) is 0 Å². The molecular weight excluding hydrogens is 356 g/mol. The molecule has 3 aromatic rings. The van der Waals surface area contributed by atoms with Crippen molar-refractivity contribution in [3.8, 4) is 10.6 Å². The molecule has 0 unspecified atom stereocenters. The monoisotopic (exact) mass is 370 g/mol. The lowest BCUT2D eigenvalue weighted by atomic mass is 9.91. The number of hydrogen-bond acceptors (Lipinski definition) is 5. The summed E-state index contributed by atoms with van der Waals surface area (Å²) in [7, 11) is 3.96. The van der Waals surface area contributed by atoms with Crippen LogP contribution >= 0.6 is 23.7 Å². The Morgan fingerprint density at radius 2 is 1.48 bits per heavy atom. The number of halogens is 1. The van der Waals surface area contributed by atoms with E-state index in [1.165, 1.54) is 11.3 Å². The second-order valence-electron chi connectivity index (χ2n) is 5.84. The average molecular weight is 371 g/mol. The summed E-state index contributed by atoms with van der Waals surface area (Å²) in [6.07, 6.45) is 0. The molecule has 0 N–H and O–H groups in total. The first-order valence-corrected chi connectivity index (χ1v) is 8.35. The molecule has 0 amide bonds. The first kappa shape index (κ1) is 17.3. The van der Waals surface area contributed by atoms with Crippen molar-refractivity contribution in [2.45, 2.75) is 0 Å². The summed E-state index contributed by atoms with van der Waals surface area (Å²) in [6, 6.07) is 14.8. The third-order valence-electron chi connectivity index (χ3n) is 4.10. The van der Waals surface area contributed by atoms with Gasteiger partial charge in [0.15, 0.2) is 0 Å². The van der Waals surface area contributed by atoms with E-state index in [2.05, 4.69) is 4.98 Å². The number of ketones is 2. The van der Waals surface area contributed by atoms with Gasteiger partial charge < -0.3 is 4.90 Å². The maximum atomic E-state index is 12.7. The molecule has 4 nitrogen and oxygen atoms in total. The molecule has 0 radical (unpaired) electrons. The first-order valence-electron chi connectivity index (χ1n) is 7.53. The summed E-state index contributed by atoms with van der Waals surface area (Å²) < 4.78 is 0. The van der Waals surface area contributed by atoms with Gasteiger partial charge in [0, 0.05) is 36.5 Å². The summed E-state index contributed by atoms with van der Waals surface area (Å²) in [5, 5.41) is 0.694. The second-order valence-corrected chi connectivity index (χ2v) is 6.84. The maximum Gasteiger partial charge on any atom is 0.213 e. The van der Waals surface area contributed by atoms with Crippen LogP contribution in [0.5, 0.6) is 0 Å². The van der Waals surface area contributed by atoms with E-state index in [1.807, 2.05) is 43.3 Å². The molecule has 126 valence electrons. The lowest BCUT2D eigenvalue weighted by molar-refractivity contribution is 0.0979. The Hall–Kier alpha value is -2.50. The van der Waals surface area contributed by atoms with Gasteiger partial charge >= 0.3 is 0 Å². The topological polar surface area (TPSA) is 50.3 Å². The van der Waals surface area contributed by atoms with E-state index < -0.39 is 0 Å². The van der Waals surface area contributed by atoms with Crippen molar-refractivity contribution in [2.75, 3.05) is 19.0 Å². The van der Waals surface area contributed by atoms with Crippen LogP contribution in [-0.2, 0) is 0 Å². The number of carbonyl (C=O) groups excluding carboxylic acids is 2. The van der Waals surface area contributed by atoms with Crippen molar-refractivity contribution >= 4 is 41.0 Å². The van der Waals surface area contributed by atoms with E-state index in [4.69, 9.17) is 0 Å². The van der Waals surface area contributed by atoms with Gasteiger partial charge in [0.1, 0.15) is 15.6 Å². The van der Waals surface area contributed by atoms with Gasteiger partial charge in [-0.15, -0.1) is 23.7 Å². The quantitative estimate of drug-likeness (QED) is 0.533. The van der Waals surface area contributed by atoms with Crippen LogP contribution in [0.3, 0.4) is 0 Å². The number of carbonyl (C=O) groups is 2. The molecule has 0 saturated carbocycles. The molecule has 0 atom stereocenters. The number of hydrogen-bond donors (Lipinski definition) is 0. The number of thiazole rings is 1.